The minimum Gasteiger partial charge on any atom is -0.456 e. The summed E-state index contributed by atoms with van der Waals surface area (Å²) >= 11 is 0. The van der Waals surface area contributed by atoms with Gasteiger partial charge < -0.3 is 10.1 Å². The second kappa shape index (κ2) is 8.34. The van der Waals surface area contributed by atoms with Crippen LogP contribution in [-0.4, -0.2) is 41.7 Å². The lowest BCUT2D eigenvalue weighted by atomic mass is 9.76. The fraction of sp³-hybridized carbons (Fsp3) is 0.333. The number of nitrogens with zero attached hydrogens (tertiary/aromatic N) is 1. The van der Waals surface area contributed by atoms with Crippen molar-refractivity contribution in [1.82, 2.24) is 10.2 Å². The van der Waals surface area contributed by atoms with E-state index >= 15 is 0 Å². The van der Waals surface area contributed by atoms with Crippen molar-refractivity contribution in [3.8, 4) is 0 Å². The lowest BCUT2D eigenvalue weighted by molar-refractivity contribution is -0.147. The molecule has 0 aromatic heterocycles. The number of urea groups is 1. The van der Waals surface area contributed by atoms with Crippen LogP contribution in [0, 0.1) is 0 Å². The molecule has 3 amide bonds. The molecular weight excluding hydrogens is 396 g/mol. The maximum Gasteiger partial charge on any atom is 0.326 e. The van der Waals surface area contributed by atoms with Gasteiger partial charge in [-0.05, 0) is 42.4 Å². The molecular formula is C24H24N2O5. The zero-order valence-electron chi connectivity index (χ0n) is 17.3. The van der Waals surface area contributed by atoms with E-state index in [0.717, 1.165) is 40.9 Å². The Hall–Kier alpha value is -3.48. The van der Waals surface area contributed by atoms with Crippen molar-refractivity contribution in [2.75, 3.05) is 13.2 Å². The van der Waals surface area contributed by atoms with Gasteiger partial charge in [0.05, 0.1) is 0 Å². The van der Waals surface area contributed by atoms with Gasteiger partial charge in [0.1, 0.15) is 12.1 Å². The molecule has 0 unspecified atom stereocenters. The van der Waals surface area contributed by atoms with Crippen LogP contribution in [0.4, 0.5) is 4.79 Å². The van der Waals surface area contributed by atoms with Gasteiger partial charge in [-0.3, -0.25) is 19.3 Å². The number of hydrogen-bond donors (Lipinski definition) is 1. The Labute approximate surface area is 180 Å². The van der Waals surface area contributed by atoms with Crippen LogP contribution in [0.25, 0.3) is 0 Å². The van der Waals surface area contributed by atoms with Gasteiger partial charge in [-0.1, -0.05) is 55.5 Å². The molecule has 1 saturated heterocycles. The lowest BCUT2D eigenvalue weighted by Gasteiger charge is -2.33. The van der Waals surface area contributed by atoms with Gasteiger partial charge in [0.2, 0.25) is 0 Å². The van der Waals surface area contributed by atoms with Crippen molar-refractivity contribution in [3.63, 3.8) is 0 Å². The quantitative estimate of drug-likeness (QED) is 0.441. The summed E-state index contributed by atoms with van der Waals surface area (Å²) in [6, 6.07) is 14.0. The van der Waals surface area contributed by atoms with E-state index in [-0.39, 0.29) is 5.78 Å². The summed E-state index contributed by atoms with van der Waals surface area (Å²) in [4.78, 5) is 51.2. The normalized spacial score (nSPS) is 19.8. The molecule has 160 valence electrons. The summed E-state index contributed by atoms with van der Waals surface area (Å²) < 4.78 is 5.06. The van der Waals surface area contributed by atoms with Crippen LogP contribution in [-0.2, 0) is 32.7 Å². The van der Waals surface area contributed by atoms with E-state index < -0.39 is 36.6 Å². The second-order valence-corrected chi connectivity index (χ2v) is 7.87. The molecule has 0 bridgehead atoms. The fourth-order valence-corrected chi connectivity index (χ4v) is 4.29. The van der Waals surface area contributed by atoms with E-state index in [1.807, 2.05) is 43.3 Å². The van der Waals surface area contributed by atoms with E-state index in [9.17, 15) is 19.2 Å². The average molecular weight is 420 g/mol. The highest BCUT2D eigenvalue weighted by Gasteiger charge is 2.54. The highest BCUT2D eigenvalue weighted by atomic mass is 16.5. The number of nitrogens with one attached hydrogen (secondary N) is 1. The monoisotopic (exact) mass is 420 g/mol. The second-order valence-electron chi connectivity index (χ2n) is 7.87. The summed E-state index contributed by atoms with van der Waals surface area (Å²) in [5.41, 5.74) is 2.21. The Morgan fingerprint density at radius 3 is 2.58 bits per heavy atom. The number of carbonyl (C=O) groups is 4. The van der Waals surface area contributed by atoms with Gasteiger partial charge in [0.15, 0.2) is 12.4 Å². The Bertz CT molecular complexity index is 1050. The SMILES string of the molecule is CCc1ccc(C(=O)COC(=O)CN2C(=O)N[C@]3(CCCc4ccccc43)C2=O)cc1. The number of rotatable bonds is 6. The molecule has 2 aromatic carbocycles. The first-order chi connectivity index (χ1) is 14.9. The van der Waals surface area contributed by atoms with Crippen molar-refractivity contribution >= 4 is 23.7 Å². The molecule has 1 aliphatic heterocycles. The first-order valence-electron chi connectivity index (χ1n) is 10.4. The van der Waals surface area contributed by atoms with Crippen molar-refractivity contribution in [2.45, 2.75) is 38.1 Å². The zero-order chi connectivity index (χ0) is 22.0. The van der Waals surface area contributed by atoms with E-state index in [2.05, 4.69) is 5.32 Å². The number of aryl methyl sites for hydroxylation is 2. The van der Waals surface area contributed by atoms with Gasteiger partial charge in [-0.2, -0.15) is 0 Å². The first-order valence-corrected chi connectivity index (χ1v) is 10.4. The summed E-state index contributed by atoms with van der Waals surface area (Å²) in [5, 5.41) is 2.79. The number of carbonyl (C=O) groups excluding carboxylic acids is 4. The number of hydrogen-bond acceptors (Lipinski definition) is 5. The molecule has 2 aromatic rings. The molecule has 1 spiro atoms. The number of esters is 1. The third-order valence-corrected chi connectivity index (χ3v) is 5.99. The topological polar surface area (TPSA) is 92.8 Å². The molecule has 7 nitrogen and oxygen atoms in total. The van der Waals surface area contributed by atoms with Crippen LogP contribution in [0.2, 0.25) is 0 Å². The zero-order valence-corrected chi connectivity index (χ0v) is 17.3. The molecule has 1 N–H and O–H groups in total. The molecule has 31 heavy (non-hydrogen) atoms. The number of Topliss-reactive ketones (excluding diaryl/α,β-unsaturated/α-hetero) is 1. The number of imide groups is 1. The Kier molecular flexibility index (Phi) is 5.59. The largest absolute Gasteiger partial charge is 0.456 e. The lowest BCUT2D eigenvalue weighted by Crippen LogP contribution is -2.46. The van der Waals surface area contributed by atoms with E-state index in [4.69, 9.17) is 4.74 Å². The Morgan fingerprint density at radius 2 is 1.84 bits per heavy atom. The molecule has 1 fully saturated rings. The molecule has 1 aliphatic carbocycles. The summed E-state index contributed by atoms with van der Waals surface area (Å²) in [7, 11) is 0. The van der Waals surface area contributed by atoms with Gasteiger partial charge in [-0.15, -0.1) is 0 Å². The molecule has 1 atom stereocenters. The van der Waals surface area contributed by atoms with Crippen LogP contribution in [0.1, 0.15) is 46.8 Å². The van der Waals surface area contributed by atoms with Crippen LogP contribution < -0.4 is 5.32 Å². The van der Waals surface area contributed by atoms with Crippen LogP contribution in [0.5, 0.6) is 0 Å². The van der Waals surface area contributed by atoms with Gasteiger partial charge >= 0.3 is 12.0 Å². The fourth-order valence-electron chi connectivity index (χ4n) is 4.29. The number of ether oxygens (including phenoxy) is 1. The van der Waals surface area contributed by atoms with Crippen molar-refractivity contribution < 1.29 is 23.9 Å². The molecule has 0 saturated carbocycles. The maximum atomic E-state index is 13.2. The van der Waals surface area contributed by atoms with E-state index in [0.29, 0.717) is 12.0 Å². The molecule has 0 radical (unpaired) electrons. The minimum atomic E-state index is -1.14. The Morgan fingerprint density at radius 1 is 1.10 bits per heavy atom. The highest BCUT2D eigenvalue weighted by molar-refractivity contribution is 6.09. The molecule has 2 aliphatic rings. The van der Waals surface area contributed by atoms with Crippen molar-refractivity contribution in [1.29, 1.82) is 0 Å². The molecule has 1 heterocycles. The number of fused-ring (bicyclic) bond motifs is 2. The van der Waals surface area contributed by atoms with Crippen LogP contribution >= 0.6 is 0 Å². The highest BCUT2D eigenvalue weighted by Crippen LogP contribution is 2.39. The van der Waals surface area contributed by atoms with Crippen LogP contribution in [0.15, 0.2) is 48.5 Å². The van der Waals surface area contributed by atoms with Gasteiger partial charge in [-0.25, -0.2) is 4.79 Å². The smallest absolute Gasteiger partial charge is 0.326 e. The number of ketones is 1. The summed E-state index contributed by atoms with van der Waals surface area (Å²) in [6.07, 6.45) is 2.94. The minimum absolute atomic E-state index is 0.342. The third kappa shape index (κ3) is 3.83. The van der Waals surface area contributed by atoms with Crippen molar-refractivity contribution in [2.24, 2.45) is 0 Å². The predicted molar refractivity (Wildman–Crippen MR) is 112 cm³/mol. The average Bonchev–Trinajstić information content (AvgIpc) is 3.02. The standard InChI is InChI=1S/C24H24N2O5/c1-2-16-9-11-18(12-10-16)20(27)15-31-21(28)14-26-22(29)24(25-23(26)30)13-5-7-17-6-3-4-8-19(17)24/h3-4,6,8-12H,2,5,7,13-15H2,1H3,(H,25,30)/t24-/m0/s1. The number of benzene rings is 2. The molecule has 4 rings (SSSR count). The van der Waals surface area contributed by atoms with Crippen LogP contribution in [0.3, 0.4) is 0 Å². The summed E-state index contributed by atoms with van der Waals surface area (Å²) in [6.45, 7) is 1.04. The first kappa shape index (κ1) is 20.8. The van der Waals surface area contributed by atoms with E-state index in [1.54, 1.807) is 12.1 Å². The van der Waals surface area contributed by atoms with Gasteiger partial charge in [0.25, 0.3) is 5.91 Å². The maximum absolute atomic E-state index is 13.2. The molecule has 7 heteroatoms. The van der Waals surface area contributed by atoms with Gasteiger partial charge in [0, 0.05) is 5.56 Å². The Balaban J connectivity index is 1.40. The predicted octanol–water partition coefficient (Wildman–Crippen LogP) is 2.76. The van der Waals surface area contributed by atoms with E-state index in [1.165, 1.54) is 0 Å². The third-order valence-electron chi connectivity index (χ3n) is 5.99. The van der Waals surface area contributed by atoms with Crippen molar-refractivity contribution in [3.05, 3.63) is 70.8 Å². The number of amides is 3. The summed E-state index contributed by atoms with van der Waals surface area (Å²) in [5.74, 6) is -1.60.